The van der Waals surface area contributed by atoms with Crippen LogP contribution in [0.5, 0.6) is 0 Å². The van der Waals surface area contributed by atoms with E-state index in [-0.39, 0.29) is 24.8 Å². The van der Waals surface area contributed by atoms with Crippen LogP contribution >= 0.6 is 23.2 Å². The van der Waals surface area contributed by atoms with E-state index >= 15 is 0 Å². The molecule has 0 atom stereocenters. The maximum atomic E-state index is 12.4. The van der Waals surface area contributed by atoms with E-state index in [4.69, 9.17) is 23.2 Å². The van der Waals surface area contributed by atoms with E-state index in [9.17, 15) is 9.59 Å². The van der Waals surface area contributed by atoms with Gasteiger partial charge in [-0.05, 0) is 35.7 Å². The zero-order valence-corrected chi connectivity index (χ0v) is 15.1. The molecule has 3 rings (SSSR count). The van der Waals surface area contributed by atoms with Crippen LogP contribution in [0.4, 0.5) is 0 Å². The molecule has 1 N–H and O–H groups in total. The predicted octanol–water partition coefficient (Wildman–Crippen LogP) is 3.70. The molecule has 0 spiro atoms. The van der Waals surface area contributed by atoms with Gasteiger partial charge >= 0.3 is 0 Å². The Balaban J connectivity index is 1.51. The number of hydrogen-bond donors (Lipinski definition) is 1. The number of nitrogens with one attached hydrogen (secondary N) is 1. The van der Waals surface area contributed by atoms with Gasteiger partial charge in [-0.15, -0.1) is 0 Å². The summed E-state index contributed by atoms with van der Waals surface area (Å²) in [5.74, 6) is -0.268. The summed E-state index contributed by atoms with van der Waals surface area (Å²) in [6.07, 6.45) is 1.13. The van der Waals surface area contributed by atoms with Gasteiger partial charge in [-0.1, -0.05) is 47.5 Å². The Hall–Kier alpha value is -2.04. The van der Waals surface area contributed by atoms with E-state index in [1.54, 1.807) is 12.1 Å². The molecule has 1 heterocycles. The molecule has 0 aromatic heterocycles. The summed E-state index contributed by atoms with van der Waals surface area (Å²) in [5, 5.41) is 3.50. The van der Waals surface area contributed by atoms with Crippen molar-refractivity contribution >= 4 is 35.0 Å². The first-order chi connectivity index (χ1) is 12.0. The van der Waals surface area contributed by atoms with Crippen LogP contribution in [0.1, 0.15) is 27.9 Å². The number of carbonyl (C=O) groups excluding carboxylic acids is 2. The number of halogens is 2. The number of hydrogen-bond acceptors (Lipinski definition) is 2. The summed E-state index contributed by atoms with van der Waals surface area (Å²) in [4.78, 5) is 26.3. The van der Waals surface area contributed by atoms with Crippen LogP contribution in [0, 0.1) is 0 Å². The van der Waals surface area contributed by atoms with Crippen molar-refractivity contribution in [3.05, 3.63) is 69.2 Å². The quantitative estimate of drug-likeness (QED) is 0.884. The summed E-state index contributed by atoms with van der Waals surface area (Å²) in [5.41, 5.74) is 2.85. The second-order valence-electron chi connectivity index (χ2n) is 5.96. The third-order valence-electron chi connectivity index (χ3n) is 4.28. The third-order valence-corrected chi connectivity index (χ3v) is 4.83. The van der Waals surface area contributed by atoms with Crippen LogP contribution in [-0.4, -0.2) is 29.8 Å². The number of carbonyl (C=O) groups is 2. The summed E-state index contributed by atoms with van der Waals surface area (Å²) < 4.78 is 0. The molecule has 0 unspecified atom stereocenters. The van der Waals surface area contributed by atoms with Crippen molar-refractivity contribution in [3.8, 4) is 0 Å². The van der Waals surface area contributed by atoms with Crippen molar-refractivity contribution in [3.63, 3.8) is 0 Å². The Morgan fingerprint density at radius 2 is 1.84 bits per heavy atom. The van der Waals surface area contributed by atoms with Crippen LogP contribution in [0.25, 0.3) is 0 Å². The van der Waals surface area contributed by atoms with Crippen molar-refractivity contribution in [2.45, 2.75) is 19.4 Å². The minimum absolute atomic E-state index is 0.0389. The van der Waals surface area contributed by atoms with Crippen molar-refractivity contribution in [1.29, 1.82) is 0 Å². The lowest BCUT2D eigenvalue weighted by atomic mass is 10.00. The van der Waals surface area contributed by atoms with E-state index in [1.807, 2.05) is 17.0 Å². The maximum absolute atomic E-state index is 12.4. The average Bonchev–Trinajstić information content (AvgIpc) is 2.61. The number of benzene rings is 2. The number of fused-ring (bicyclic) bond motifs is 1. The van der Waals surface area contributed by atoms with Gasteiger partial charge in [0.15, 0.2) is 0 Å². The molecule has 2 amide bonds. The van der Waals surface area contributed by atoms with Crippen LogP contribution in [0.2, 0.25) is 10.0 Å². The minimum Gasteiger partial charge on any atom is -0.351 e. The summed E-state index contributed by atoms with van der Waals surface area (Å²) in [6.45, 7) is 1.62. The molecule has 0 saturated heterocycles. The topological polar surface area (TPSA) is 49.4 Å². The van der Waals surface area contributed by atoms with Crippen molar-refractivity contribution in [2.24, 2.45) is 0 Å². The van der Waals surface area contributed by atoms with Gasteiger partial charge in [-0.25, -0.2) is 0 Å². The molecule has 25 heavy (non-hydrogen) atoms. The Morgan fingerprint density at radius 1 is 1.08 bits per heavy atom. The Bertz CT molecular complexity index is 808. The molecule has 2 aromatic rings. The molecular weight excluding hydrogens is 359 g/mol. The van der Waals surface area contributed by atoms with Gasteiger partial charge in [0.05, 0.1) is 10.6 Å². The fraction of sp³-hybridized carbons (Fsp3) is 0.263. The van der Waals surface area contributed by atoms with Crippen LogP contribution < -0.4 is 5.32 Å². The summed E-state index contributed by atoms with van der Waals surface area (Å²) in [6, 6.07) is 12.9. The molecule has 1 aliphatic heterocycles. The highest BCUT2D eigenvalue weighted by Gasteiger charge is 2.20. The van der Waals surface area contributed by atoms with Gasteiger partial charge in [0.2, 0.25) is 5.91 Å². The molecule has 0 aliphatic carbocycles. The predicted molar refractivity (Wildman–Crippen MR) is 99.0 cm³/mol. The Labute approximate surface area is 156 Å². The van der Waals surface area contributed by atoms with Gasteiger partial charge in [0.1, 0.15) is 0 Å². The maximum Gasteiger partial charge on any atom is 0.252 e. The normalized spacial score (nSPS) is 13.3. The van der Waals surface area contributed by atoms with Crippen molar-refractivity contribution in [1.82, 2.24) is 10.2 Å². The Kier molecular flexibility index (Phi) is 5.61. The third kappa shape index (κ3) is 4.33. The fourth-order valence-electron chi connectivity index (χ4n) is 2.92. The molecule has 1 aliphatic rings. The van der Waals surface area contributed by atoms with Crippen molar-refractivity contribution < 1.29 is 9.59 Å². The zero-order valence-electron chi connectivity index (χ0n) is 13.6. The van der Waals surface area contributed by atoms with Crippen LogP contribution in [0.15, 0.2) is 42.5 Å². The molecule has 2 aromatic carbocycles. The molecule has 0 fully saturated rings. The van der Waals surface area contributed by atoms with Gasteiger partial charge in [-0.2, -0.15) is 0 Å². The molecular formula is C19H18Cl2N2O2. The van der Waals surface area contributed by atoms with Gasteiger partial charge in [0.25, 0.3) is 5.91 Å². The second kappa shape index (κ2) is 7.89. The first-order valence-corrected chi connectivity index (χ1v) is 8.88. The molecule has 0 saturated carbocycles. The highest BCUT2D eigenvalue weighted by molar-refractivity contribution is 6.36. The van der Waals surface area contributed by atoms with Crippen LogP contribution in [0.3, 0.4) is 0 Å². The highest BCUT2D eigenvalue weighted by Crippen LogP contribution is 2.21. The van der Waals surface area contributed by atoms with Crippen molar-refractivity contribution in [2.75, 3.05) is 13.1 Å². The summed E-state index contributed by atoms with van der Waals surface area (Å²) >= 11 is 11.8. The second-order valence-corrected chi connectivity index (χ2v) is 6.81. The highest BCUT2D eigenvalue weighted by atomic mass is 35.5. The Morgan fingerprint density at radius 3 is 2.60 bits per heavy atom. The molecule has 0 radical (unpaired) electrons. The van der Waals surface area contributed by atoms with E-state index in [0.717, 1.165) is 6.42 Å². The first kappa shape index (κ1) is 17.8. The molecule has 6 heteroatoms. The number of nitrogens with zero attached hydrogens (tertiary/aromatic N) is 1. The van der Waals surface area contributed by atoms with Gasteiger partial charge < -0.3 is 10.2 Å². The number of rotatable bonds is 4. The van der Waals surface area contributed by atoms with Gasteiger partial charge in [0, 0.05) is 31.1 Å². The standard InChI is InChI=1S/C19H18Cl2N2O2/c20-15-5-6-16(17(21)11-15)19(25)22-9-7-18(24)23-10-8-13-3-1-2-4-14(13)12-23/h1-6,11H,7-10,12H2,(H,22,25). The van der Waals surface area contributed by atoms with Crippen LogP contribution in [-0.2, 0) is 17.8 Å². The monoisotopic (exact) mass is 376 g/mol. The minimum atomic E-state index is -0.307. The lowest BCUT2D eigenvalue weighted by Gasteiger charge is -2.29. The van der Waals surface area contributed by atoms with E-state index in [1.165, 1.54) is 17.2 Å². The molecule has 0 bridgehead atoms. The fourth-order valence-corrected chi connectivity index (χ4v) is 3.41. The lowest BCUT2D eigenvalue weighted by molar-refractivity contribution is -0.131. The van der Waals surface area contributed by atoms with E-state index < -0.39 is 0 Å². The smallest absolute Gasteiger partial charge is 0.252 e. The lowest BCUT2D eigenvalue weighted by Crippen LogP contribution is -2.38. The largest absolute Gasteiger partial charge is 0.351 e. The average molecular weight is 377 g/mol. The van der Waals surface area contributed by atoms with Gasteiger partial charge in [-0.3, -0.25) is 9.59 Å². The van der Waals surface area contributed by atoms with E-state index in [2.05, 4.69) is 17.4 Å². The SMILES string of the molecule is O=C(NCCC(=O)N1CCc2ccccc2C1)c1ccc(Cl)cc1Cl. The zero-order chi connectivity index (χ0) is 17.8. The van der Waals surface area contributed by atoms with E-state index in [0.29, 0.717) is 28.7 Å². The molecule has 4 nitrogen and oxygen atoms in total. The summed E-state index contributed by atoms with van der Waals surface area (Å²) in [7, 11) is 0. The molecule has 130 valence electrons. The number of amides is 2. The first-order valence-electron chi connectivity index (χ1n) is 8.12.